The summed E-state index contributed by atoms with van der Waals surface area (Å²) in [5.41, 5.74) is 12.5. The van der Waals surface area contributed by atoms with Gasteiger partial charge in [-0.3, -0.25) is 4.98 Å². The number of hydrogen-bond donors (Lipinski definition) is 2. The van der Waals surface area contributed by atoms with E-state index in [-0.39, 0.29) is 6.04 Å². The molecule has 0 aliphatic carbocycles. The van der Waals surface area contributed by atoms with Gasteiger partial charge in [-0.25, -0.2) is 0 Å². The second-order valence-electron chi connectivity index (χ2n) is 3.29. The molecular weight excluding hydrogens is 174 g/mol. The fourth-order valence-electron chi connectivity index (χ4n) is 1.56. The monoisotopic (exact) mass is 187 g/mol. The van der Waals surface area contributed by atoms with Gasteiger partial charge in [0.1, 0.15) is 0 Å². The molecule has 0 amide bonds. The van der Waals surface area contributed by atoms with Crippen molar-refractivity contribution < 1.29 is 0 Å². The predicted octanol–water partition coefficient (Wildman–Crippen LogP) is 1.19. The number of nitrogens with zero attached hydrogens (tertiary/aromatic N) is 1. The van der Waals surface area contributed by atoms with E-state index in [1.165, 1.54) is 0 Å². The lowest BCUT2D eigenvalue weighted by molar-refractivity contribution is 0.740. The Morgan fingerprint density at radius 1 is 1.21 bits per heavy atom. The first-order valence-corrected chi connectivity index (χ1v) is 4.61. The van der Waals surface area contributed by atoms with Crippen molar-refractivity contribution in [2.45, 2.75) is 6.04 Å². The molecule has 4 N–H and O–H groups in total. The zero-order valence-electron chi connectivity index (χ0n) is 7.85. The molecule has 0 bridgehead atoms. The molecule has 0 fully saturated rings. The molecule has 0 unspecified atom stereocenters. The van der Waals surface area contributed by atoms with Crippen LogP contribution in [0.25, 0.3) is 10.8 Å². The van der Waals surface area contributed by atoms with Gasteiger partial charge in [0.25, 0.3) is 0 Å². The maximum Gasteiger partial charge on any atom is 0.0441 e. The summed E-state index contributed by atoms with van der Waals surface area (Å²) < 4.78 is 0. The normalized spacial score (nSPS) is 13.0. The highest BCUT2D eigenvalue weighted by molar-refractivity contribution is 5.85. The van der Waals surface area contributed by atoms with Crippen LogP contribution in [0.3, 0.4) is 0 Å². The summed E-state index contributed by atoms with van der Waals surface area (Å²) in [6, 6.07) is 7.92. The van der Waals surface area contributed by atoms with Crippen molar-refractivity contribution in [1.29, 1.82) is 0 Å². The van der Waals surface area contributed by atoms with Crippen LogP contribution in [0.4, 0.5) is 0 Å². The Balaban J connectivity index is 2.65. The van der Waals surface area contributed by atoms with E-state index in [1.807, 2.05) is 30.5 Å². The molecule has 2 aromatic rings. The molecular formula is C11H13N3. The average molecular weight is 187 g/mol. The average Bonchev–Trinajstić information content (AvgIpc) is 2.27. The molecule has 72 valence electrons. The summed E-state index contributed by atoms with van der Waals surface area (Å²) in [5.74, 6) is 0. The molecule has 1 aromatic carbocycles. The van der Waals surface area contributed by atoms with E-state index >= 15 is 0 Å². The van der Waals surface area contributed by atoms with Gasteiger partial charge in [-0.1, -0.05) is 24.3 Å². The predicted molar refractivity (Wildman–Crippen MR) is 57.7 cm³/mol. The van der Waals surface area contributed by atoms with Crippen molar-refractivity contribution in [2.24, 2.45) is 11.5 Å². The third-order valence-corrected chi connectivity index (χ3v) is 2.35. The Hall–Kier alpha value is -1.45. The molecule has 14 heavy (non-hydrogen) atoms. The quantitative estimate of drug-likeness (QED) is 0.742. The molecule has 0 aliphatic heterocycles. The van der Waals surface area contributed by atoms with Crippen LogP contribution >= 0.6 is 0 Å². The van der Waals surface area contributed by atoms with Gasteiger partial charge in [0.2, 0.25) is 0 Å². The minimum absolute atomic E-state index is 0.131. The van der Waals surface area contributed by atoms with Crippen LogP contribution in [0.5, 0.6) is 0 Å². The summed E-state index contributed by atoms with van der Waals surface area (Å²) in [6.07, 6.45) is 3.63. The summed E-state index contributed by atoms with van der Waals surface area (Å²) in [4.78, 5) is 4.15. The number of rotatable bonds is 2. The molecule has 0 saturated carbocycles. The van der Waals surface area contributed by atoms with E-state index in [2.05, 4.69) is 4.98 Å². The van der Waals surface area contributed by atoms with Crippen LogP contribution < -0.4 is 11.5 Å². The Kier molecular flexibility index (Phi) is 2.43. The van der Waals surface area contributed by atoms with E-state index < -0.39 is 0 Å². The zero-order chi connectivity index (χ0) is 9.97. The molecule has 3 nitrogen and oxygen atoms in total. The third kappa shape index (κ3) is 1.47. The number of benzene rings is 1. The highest BCUT2D eigenvalue weighted by atomic mass is 14.7. The molecule has 2 rings (SSSR count). The standard InChI is InChI=1S/C11H13N3/c12-5-11(13)10-7-14-6-8-3-1-2-4-9(8)10/h1-4,6-7,11H,5,12-13H2/t11-/m0/s1. The topological polar surface area (TPSA) is 64.9 Å². The minimum atomic E-state index is -0.131. The SMILES string of the molecule is NC[C@H](N)c1cncc2ccccc12. The molecule has 0 spiro atoms. The van der Waals surface area contributed by atoms with Crippen molar-refractivity contribution in [2.75, 3.05) is 6.54 Å². The smallest absolute Gasteiger partial charge is 0.0441 e. The highest BCUT2D eigenvalue weighted by Gasteiger charge is 2.07. The molecule has 1 atom stereocenters. The molecule has 1 heterocycles. The molecule has 3 heteroatoms. The van der Waals surface area contributed by atoms with Gasteiger partial charge in [-0.15, -0.1) is 0 Å². The van der Waals surface area contributed by atoms with Crippen LogP contribution in [-0.4, -0.2) is 11.5 Å². The minimum Gasteiger partial charge on any atom is -0.329 e. The fraction of sp³-hybridized carbons (Fsp3) is 0.182. The molecule has 1 aromatic heterocycles. The first kappa shape index (κ1) is 9.12. The second-order valence-corrected chi connectivity index (χ2v) is 3.29. The Morgan fingerprint density at radius 2 is 2.00 bits per heavy atom. The van der Waals surface area contributed by atoms with Crippen LogP contribution in [0.1, 0.15) is 11.6 Å². The highest BCUT2D eigenvalue weighted by Crippen LogP contribution is 2.20. The van der Waals surface area contributed by atoms with Crippen LogP contribution in [0.2, 0.25) is 0 Å². The number of pyridine rings is 1. The zero-order valence-corrected chi connectivity index (χ0v) is 7.85. The summed E-state index contributed by atoms with van der Waals surface area (Å²) in [7, 11) is 0. The van der Waals surface area contributed by atoms with E-state index in [4.69, 9.17) is 11.5 Å². The van der Waals surface area contributed by atoms with E-state index in [0.717, 1.165) is 16.3 Å². The van der Waals surface area contributed by atoms with Crippen molar-refractivity contribution in [3.05, 3.63) is 42.2 Å². The van der Waals surface area contributed by atoms with E-state index in [1.54, 1.807) is 6.20 Å². The molecule has 0 aliphatic rings. The van der Waals surface area contributed by atoms with Gasteiger partial charge in [0.15, 0.2) is 0 Å². The lowest BCUT2D eigenvalue weighted by Crippen LogP contribution is -2.21. The van der Waals surface area contributed by atoms with Gasteiger partial charge in [0, 0.05) is 30.4 Å². The lowest BCUT2D eigenvalue weighted by Gasteiger charge is -2.11. The van der Waals surface area contributed by atoms with E-state index in [9.17, 15) is 0 Å². The largest absolute Gasteiger partial charge is 0.329 e. The van der Waals surface area contributed by atoms with Gasteiger partial charge in [0.05, 0.1) is 0 Å². The third-order valence-electron chi connectivity index (χ3n) is 2.35. The molecule has 0 saturated heterocycles. The van der Waals surface area contributed by atoms with Gasteiger partial charge in [-0.2, -0.15) is 0 Å². The number of fused-ring (bicyclic) bond motifs is 1. The van der Waals surface area contributed by atoms with Crippen molar-refractivity contribution in [3.63, 3.8) is 0 Å². The van der Waals surface area contributed by atoms with Gasteiger partial charge in [-0.05, 0) is 10.9 Å². The van der Waals surface area contributed by atoms with Crippen molar-refractivity contribution in [1.82, 2.24) is 4.98 Å². The van der Waals surface area contributed by atoms with E-state index in [0.29, 0.717) is 6.54 Å². The number of nitrogens with two attached hydrogens (primary N) is 2. The van der Waals surface area contributed by atoms with Gasteiger partial charge >= 0.3 is 0 Å². The maximum atomic E-state index is 5.90. The lowest BCUT2D eigenvalue weighted by atomic mass is 10.0. The number of aromatic nitrogens is 1. The van der Waals surface area contributed by atoms with Gasteiger partial charge < -0.3 is 11.5 Å². The Labute approximate surface area is 82.7 Å². The fourth-order valence-corrected chi connectivity index (χ4v) is 1.56. The first-order valence-electron chi connectivity index (χ1n) is 4.61. The van der Waals surface area contributed by atoms with Crippen LogP contribution in [0.15, 0.2) is 36.7 Å². The van der Waals surface area contributed by atoms with Crippen molar-refractivity contribution >= 4 is 10.8 Å². The molecule has 0 radical (unpaired) electrons. The number of hydrogen-bond acceptors (Lipinski definition) is 3. The Morgan fingerprint density at radius 3 is 2.79 bits per heavy atom. The summed E-state index contributed by atoms with van der Waals surface area (Å²) in [5, 5.41) is 2.24. The second kappa shape index (κ2) is 3.74. The van der Waals surface area contributed by atoms with Crippen LogP contribution in [-0.2, 0) is 0 Å². The van der Waals surface area contributed by atoms with Crippen LogP contribution in [0, 0.1) is 0 Å². The Bertz CT molecular complexity index is 434. The maximum absolute atomic E-state index is 5.90. The summed E-state index contributed by atoms with van der Waals surface area (Å²) in [6.45, 7) is 0.440. The van der Waals surface area contributed by atoms with Crippen molar-refractivity contribution in [3.8, 4) is 0 Å². The summed E-state index contributed by atoms with van der Waals surface area (Å²) >= 11 is 0. The first-order chi connectivity index (χ1) is 6.83.